The molecule has 1 aromatic rings. The first-order valence-electron chi connectivity index (χ1n) is 6.87. The number of rotatable bonds is 5. The first-order valence-corrected chi connectivity index (χ1v) is 7.63. The number of carbonyl (C=O) groups excluding carboxylic acids is 1. The van der Waals surface area contributed by atoms with Crippen LogP contribution in [0.4, 0.5) is 0 Å². The summed E-state index contributed by atoms with van der Waals surface area (Å²) in [7, 11) is 0. The number of nitrogens with one attached hydrogen (secondary N) is 1. The molecule has 110 valence electrons. The molecule has 0 aliphatic heterocycles. The smallest absolute Gasteiger partial charge is 0.230 e. The molecule has 5 heteroatoms. The SMILES string of the molecule is CC(O)CCNC(=O)C1(c2ccc(Cl)c(Cl)c2)CCC1. The van der Waals surface area contributed by atoms with Crippen LogP contribution >= 0.6 is 23.2 Å². The molecule has 2 rings (SSSR count). The lowest BCUT2D eigenvalue weighted by molar-refractivity contribution is -0.130. The molecule has 20 heavy (non-hydrogen) atoms. The van der Waals surface area contributed by atoms with Crippen molar-refractivity contribution in [2.24, 2.45) is 0 Å². The molecule has 0 heterocycles. The van der Waals surface area contributed by atoms with Crippen LogP contribution in [-0.2, 0) is 10.2 Å². The van der Waals surface area contributed by atoms with Gasteiger partial charge in [-0.1, -0.05) is 35.7 Å². The van der Waals surface area contributed by atoms with E-state index in [4.69, 9.17) is 23.2 Å². The second-order valence-electron chi connectivity index (χ2n) is 5.46. The van der Waals surface area contributed by atoms with Crippen LogP contribution in [0.15, 0.2) is 18.2 Å². The molecule has 1 atom stereocenters. The third kappa shape index (κ3) is 3.11. The van der Waals surface area contributed by atoms with Crippen molar-refractivity contribution in [2.45, 2.75) is 44.1 Å². The monoisotopic (exact) mass is 315 g/mol. The Morgan fingerprint density at radius 1 is 1.40 bits per heavy atom. The molecule has 1 aromatic carbocycles. The molecule has 2 N–H and O–H groups in total. The van der Waals surface area contributed by atoms with Crippen molar-refractivity contribution in [1.82, 2.24) is 5.32 Å². The molecule has 0 saturated heterocycles. The Hall–Kier alpha value is -0.770. The van der Waals surface area contributed by atoms with E-state index in [-0.39, 0.29) is 5.91 Å². The van der Waals surface area contributed by atoms with Gasteiger partial charge in [0.25, 0.3) is 0 Å². The zero-order valence-electron chi connectivity index (χ0n) is 11.5. The largest absolute Gasteiger partial charge is 0.393 e. The van der Waals surface area contributed by atoms with Crippen LogP contribution < -0.4 is 5.32 Å². The highest BCUT2D eigenvalue weighted by Gasteiger charge is 2.45. The Labute approximate surface area is 129 Å². The molecular weight excluding hydrogens is 297 g/mol. The summed E-state index contributed by atoms with van der Waals surface area (Å²) in [4.78, 5) is 12.5. The van der Waals surface area contributed by atoms with Gasteiger partial charge in [-0.25, -0.2) is 0 Å². The van der Waals surface area contributed by atoms with Gasteiger partial charge in [0.15, 0.2) is 0 Å². The highest BCUT2D eigenvalue weighted by Crippen LogP contribution is 2.45. The summed E-state index contributed by atoms with van der Waals surface area (Å²) in [5.41, 5.74) is 0.445. The number of aliphatic hydroxyl groups is 1. The lowest BCUT2D eigenvalue weighted by Crippen LogP contribution is -2.49. The van der Waals surface area contributed by atoms with Gasteiger partial charge in [0.05, 0.1) is 21.6 Å². The van der Waals surface area contributed by atoms with E-state index in [2.05, 4.69) is 5.32 Å². The number of benzene rings is 1. The number of aliphatic hydroxyl groups excluding tert-OH is 1. The number of carbonyl (C=O) groups is 1. The Kier molecular flexibility index (Phi) is 4.95. The summed E-state index contributed by atoms with van der Waals surface area (Å²) in [6, 6.07) is 5.40. The highest BCUT2D eigenvalue weighted by molar-refractivity contribution is 6.42. The average Bonchev–Trinajstić information content (AvgIpc) is 2.32. The Morgan fingerprint density at radius 2 is 2.10 bits per heavy atom. The quantitative estimate of drug-likeness (QED) is 0.875. The summed E-state index contributed by atoms with van der Waals surface area (Å²) in [6.07, 6.45) is 2.84. The zero-order chi connectivity index (χ0) is 14.8. The predicted molar refractivity (Wildman–Crippen MR) is 81.3 cm³/mol. The molecule has 1 unspecified atom stereocenters. The van der Waals surface area contributed by atoms with Gasteiger partial charge < -0.3 is 10.4 Å². The van der Waals surface area contributed by atoms with Crippen molar-refractivity contribution in [3.8, 4) is 0 Å². The Balaban J connectivity index is 2.12. The molecule has 0 radical (unpaired) electrons. The lowest BCUT2D eigenvalue weighted by Gasteiger charge is -2.41. The molecule has 0 spiro atoms. The van der Waals surface area contributed by atoms with Crippen LogP contribution in [0.5, 0.6) is 0 Å². The molecule has 1 aliphatic carbocycles. The molecule has 0 bridgehead atoms. The molecule has 0 aromatic heterocycles. The normalized spacial score (nSPS) is 18.2. The standard InChI is InChI=1S/C15H19Cl2NO2/c1-10(19)5-8-18-14(20)15(6-2-7-15)11-3-4-12(16)13(17)9-11/h3-4,9-10,19H,2,5-8H2,1H3,(H,18,20). The van der Waals surface area contributed by atoms with E-state index in [0.29, 0.717) is 23.0 Å². The van der Waals surface area contributed by atoms with Gasteiger partial charge in [0.1, 0.15) is 0 Å². The van der Waals surface area contributed by atoms with Crippen molar-refractivity contribution >= 4 is 29.1 Å². The zero-order valence-corrected chi connectivity index (χ0v) is 13.0. The fourth-order valence-electron chi connectivity index (χ4n) is 2.53. The second-order valence-corrected chi connectivity index (χ2v) is 6.27. The van der Waals surface area contributed by atoms with E-state index in [1.54, 1.807) is 19.1 Å². The topological polar surface area (TPSA) is 49.3 Å². The molecule has 1 fully saturated rings. The fraction of sp³-hybridized carbons (Fsp3) is 0.533. The van der Waals surface area contributed by atoms with E-state index in [1.807, 2.05) is 6.07 Å². The number of hydrogen-bond donors (Lipinski definition) is 2. The van der Waals surface area contributed by atoms with Crippen molar-refractivity contribution in [3.05, 3.63) is 33.8 Å². The maximum Gasteiger partial charge on any atom is 0.230 e. The average molecular weight is 316 g/mol. The minimum absolute atomic E-state index is 0.0165. The molecule has 1 aliphatic rings. The molecule has 3 nitrogen and oxygen atoms in total. The third-order valence-electron chi connectivity index (χ3n) is 3.96. The summed E-state index contributed by atoms with van der Waals surface area (Å²) in [5, 5.41) is 13.1. The van der Waals surface area contributed by atoms with E-state index in [0.717, 1.165) is 24.8 Å². The highest BCUT2D eigenvalue weighted by atomic mass is 35.5. The van der Waals surface area contributed by atoms with Crippen molar-refractivity contribution in [1.29, 1.82) is 0 Å². The van der Waals surface area contributed by atoms with Gasteiger partial charge in [-0.2, -0.15) is 0 Å². The summed E-state index contributed by atoms with van der Waals surface area (Å²) >= 11 is 12.0. The summed E-state index contributed by atoms with van der Waals surface area (Å²) < 4.78 is 0. The second kappa shape index (κ2) is 6.33. The van der Waals surface area contributed by atoms with Crippen molar-refractivity contribution < 1.29 is 9.90 Å². The van der Waals surface area contributed by atoms with E-state index >= 15 is 0 Å². The number of halogens is 2. The number of amides is 1. The van der Waals surface area contributed by atoms with Gasteiger partial charge >= 0.3 is 0 Å². The van der Waals surface area contributed by atoms with Crippen molar-refractivity contribution in [2.75, 3.05) is 6.54 Å². The third-order valence-corrected chi connectivity index (χ3v) is 4.70. The molecular formula is C15H19Cl2NO2. The maximum absolute atomic E-state index is 12.5. The van der Waals surface area contributed by atoms with Crippen LogP contribution in [0.3, 0.4) is 0 Å². The van der Waals surface area contributed by atoms with Crippen molar-refractivity contribution in [3.63, 3.8) is 0 Å². The Morgan fingerprint density at radius 3 is 2.60 bits per heavy atom. The van der Waals surface area contributed by atoms with Gasteiger partial charge in [-0.3, -0.25) is 4.79 Å². The van der Waals surface area contributed by atoms with Crippen LogP contribution in [0.1, 0.15) is 38.2 Å². The molecule has 1 amide bonds. The predicted octanol–water partition coefficient (Wildman–Crippen LogP) is 3.30. The van der Waals surface area contributed by atoms with Gasteiger partial charge in [-0.05, 0) is 43.9 Å². The minimum Gasteiger partial charge on any atom is -0.393 e. The fourth-order valence-corrected chi connectivity index (χ4v) is 2.83. The van der Waals surface area contributed by atoms with Gasteiger partial charge in [0, 0.05) is 6.54 Å². The first kappa shape index (κ1) is 15.6. The van der Waals surface area contributed by atoms with Gasteiger partial charge in [0.2, 0.25) is 5.91 Å². The van der Waals surface area contributed by atoms with Crippen LogP contribution in [0, 0.1) is 0 Å². The summed E-state index contributed by atoms with van der Waals surface area (Å²) in [6.45, 7) is 2.20. The van der Waals surface area contributed by atoms with E-state index in [1.165, 1.54) is 0 Å². The maximum atomic E-state index is 12.5. The lowest BCUT2D eigenvalue weighted by atomic mass is 9.64. The van der Waals surface area contributed by atoms with Crippen LogP contribution in [0.25, 0.3) is 0 Å². The summed E-state index contributed by atoms with van der Waals surface area (Å²) in [5.74, 6) is 0.0165. The first-order chi connectivity index (χ1) is 9.45. The Bertz CT molecular complexity index is 499. The minimum atomic E-state index is -0.479. The van der Waals surface area contributed by atoms with Crippen LogP contribution in [-0.4, -0.2) is 23.7 Å². The van der Waals surface area contributed by atoms with Crippen LogP contribution in [0.2, 0.25) is 10.0 Å². The van der Waals surface area contributed by atoms with E-state index < -0.39 is 11.5 Å². The van der Waals surface area contributed by atoms with Gasteiger partial charge in [-0.15, -0.1) is 0 Å². The number of hydrogen-bond acceptors (Lipinski definition) is 2. The van der Waals surface area contributed by atoms with E-state index in [9.17, 15) is 9.90 Å². The molecule has 1 saturated carbocycles.